The normalized spacial score (nSPS) is 13.1. The maximum atomic E-state index is 6.68. The van der Waals surface area contributed by atoms with Crippen LogP contribution < -0.4 is 4.74 Å². The minimum Gasteiger partial charge on any atom is -0.457 e. The first kappa shape index (κ1) is 33.6. The zero-order valence-corrected chi connectivity index (χ0v) is 32.6. The first-order valence-electron chi connectivity index (χ1n) is 20.5. The number of fused-ring (bicyclic) bond motifs is 11. The van der Waals surface area contributed by atoms with Crippen molar-refractivity contribution < 1.29 is 4.74 Å². The molecule has 1 aliphatic heterocycles. The van der Waals surface area contributed by atoms with E-state index in [4.69, 9.17) is 4.74 Å². The fourth-order valence-electron chi connectivity index (χ4n) is 10.4. The topological polar surface area (TPSA) is 9.23 Å². The Balaban J connectivity index is 1.19. The predicted octanol–water partition coefficient (Wildman–Crippen LogP) is 15.4. The van der Waals surface area contributed by atoms with Crippen LogP contribution in [0.2, 0.25) is 0 Å². The zero-order valence-electron chi connectivity index (χ0n) is 32.6. The molecule has 59 heavy (non-hydrogen) atoms. The molecule has 2 aliphatic rings. The Labute approximate surface area is 344 Å². The molecule has 12 rings (SSSR count). The maximum Gasteiger partial charge on any atom is 0.132 e. The lowest BCUT2D eigenvalue weighted by Gasteiger charge is -2.39. The summed E-state index contributed by atoms with van der Waals surface area (Å²) in [7, 11) is 0. The minimum absolute atomic E-state index is 0.545. The van der Waals surface area contributed by atoms with E-state index < -0.39 is 5.41 Å². The Hall–Kier alpha value is -7.48. The van der Waals surface area contributed by atoms with Gasteiger partial charge in [-0.1, -0.05) is 188 Å². The van der Waals surface area contributed by atoms with Gasteiger partial charge in [0.1, 0.15) is 11.5 Å². The van der Waals surface area contributed by atoms with Gasteiger partial charge in [-0.25, -0.2) is 0 Å². The zero-order chi connectivity index (χ0) is 39.1. The van der Waals surface area contributed by atoms with E-state index in [1.807, 2.05) is 0 Å². The molecule has 0 saturated heterocycles. The molecule has 1 heteroatoms. The fraction of sp³-hybridized carbons (Fsp3) is 0.0345. The molecular weight excluding hydrogens is 713 g/mol. The molecule has 0 amide bonds. The molecule has 1 heterocycles. The highest BCUT2D eigenvalue weighted by atomic mass is 16.5. The van der Waals surface area contributed by atoms with Crippen LogP contribution in [-0.2, 0) is 5.41 Å². The second kappa shape index (κ2) is 13.0. The second-order valence-electron chi connectivity index (χ2n) is 16.0. The summed E-state index contributed by atoms with van der Waals surface area (Å²) in [6.45, 7) is 2.21. The van der Waals surface area contributed by atoms with Gasteiger partial charge >= 0.3 is 0 Å². The highest BCUT2D eigenvalue weighted by Crippen LogP contribution is 2.64. The van der Waals surface area contributed by atoms with Crippen LogP contribution in [0.25, 0.3) is 77.2 Å². The first-order valence-corrected chi connectivity index (χ1v) is 20.5. The van der Waals surface area contributed by atoms with E-state index >= 15 is 0 Å². The van der Waals surface area contributed by atoms with Crippen LogP contribution in [-0.4, -0.2) is 0 Å². The Morgan fingerprint density at radius 3 is 1.36 bits per heavy atom. The molecule has 0 atom stereocenters. The van der Waals surface area contributed by atoms with Gasteiger partial charge in [0, 0.05) is 11.1 Å². The van der Waals surface area contributed by atoms with Gasteiger partial charge < -0.3 is 4.74 Å². The molecule has 0 fully saturated rings. The van der Waals surface area contributed by atoms with Crippen molar-refractivity contribution in [2.45, 2.75) is 12.3 Å². The number of hydrogen-bond acceptors (Lipinski definition) is 1. The highest BCUT2D eigenvalue weighted by Gasteiger charge is 2.51. The summed E-state index contributed by atoms with van der Waals surface area (Å²) in [5.74, 6) is 1.81. The van der Waals surface area contributed by atoms with Crippen LogP contribution in [0.4, 0.5) is 0 Å². The number of aryl methyl sites for hydroxylation is 1. The number of ether oxygens (including phenoxy) is 1. The third-order valence-corrected chi connectivity index (χ3v) is 12.8. The van der Waals surface area contributed by atoms with Crippen LogP contribution in [0.5, 0.6) is 11.5 Å². The number of rotatable bonds is 4. The summed E-state index contributed by atoms with van der Waals surface area (Å²) < 4.78 is 6.68. The molecule has 0 unspecified atom stereocenters. The first-order chi connectivity index (χ1) is 29.2. The van der Waals surface area contributed by atoms with E-state index in [0.717, 1.165) is 11.5 Å². The molecule has 0 aromatic heterocycles. The monoisotopic (exact) mass is 750 g/mol. The molecule has 0 N–H and O–H groups in total. The summed E-state index contributed by atoms with van der Waals surface area (Å²) >= 11 is 0. The summed E-state index contributed by atoms with van der Waals surface area (Å²) in [5.41, 5.74) is 18.0. The molecule has 0 saturated carbocycles. The minimum atomic E-state index is -0.545. The molecular formula is C58H38O. The molecule has 0 bridgehead atoms. The SMILES string of the molecule is Cc1ccc2c(c1)-c1c(-c3c4ccccc4c(-c4cc(-c5ccccc5)cc(-c5ccccc5)c4)c4ccccc34)cccc1C21c2ccccc2Oc2ccccc21. The maximum absolute atomic E-state index is 6.68. The largest absolute Gasteiger partial charge is 0.457 e. The standard InChI is InChI=1S/C58H38O/c1-37-31-32-49-48(33-37)57-47(25-16-28-52(57)58(49)50-26-12-14-29-53(50)59-54-30-15-13-27-51(54)58)56-45-23-10-8-21-43(45)55(44-22-9-11-24-46(44)56)42-35-40(38-17-4-2-5-18-38)34-41(36-42)39-19-6-3-7-20-39/h2-36H,1H3. The molecule has 10 aromatic carbocycles. The van der Waals surface area contributed by atoms with Gasteiger partial charge in [0.05, 0.1) is 5.41 Å². The van der Waals surface area contributed by atoms with Crippen LogP contribution in [0, 0.1) is 6.92 Å². The molecule has 10 aromatic rings. The van der Waals surface area contributed by atoms with Crippen LogP contribution in [0.1, 0.15) is 27.8 Å². The lowest BCUT2D eigenvalue weighted by Crippen LogP contribution is -2.32. The Morgan fingerprint density at radius 2 is 0.780 bits per heavy atom. The third-order valence-electron chi connectivity index (χ3n) is 12.8. The van der Waals surface area contributed by atoms with Gasteiger partial charge in [-0.2, -0.15) is 0 Å². The van der Waals surface area contributed by atoms with Crippen molar-refractivity contribution in [3.63, 3.8) is 0 Å². The molecule has 1 spiro atoms. The Kier molecular flexibility index (Phi) is 7.43. The van der Waals surface area contributed by atoms with Crippen molar-refractivity contribution >= 4 is 21.5 Å². The summed E-state index contributed by atoms with van der Waals surface area (Å²) in [6.07, 6.45) is 0. The van der Waals surface area contributed by atoms with E-state index in [9.17, 15) is 0 Å². The van der Waals surface area contributed by atoms with Crippen molar-refractivity contribution in [1.82, 2.24) is 0 Å². The van der Waals surface area contributed by atoms with Gasteiger partial charge in [0.15, 0.2) is 0 Å². The Morgan fingerprint density at radius 1 is 0.305 bits per heavy atom. The summed E-state index contributed by atoms with van der Waals surface area (Å²) in [5, 5.41) is 4.96. The van der Waals surface area contributed by atoms with E-state index in [1.54, 1.807) is 0 Å². The van der Waals surface area contributed by atoms with Crippen molar-refractivity contribution in [2.75, 3.05) is 0 Å². The molecule has 1 nitrogen and oxygen atoms in total. The smallest absolute Gasteiger partial charge is 0.132 e. The van der Waals surface area contributed by atoms with Crippen LogP contribution in [0.15, 0.2) is 212 Å². The second-order valence-corrected chi connectivity index (χ2v) is 16.0. The molecule has 0 radical (unpaired) electrons. The molecule has 1 aliphatic carbocycles. The summed E-state index contributed by atoms with van der Waals surface area (Å²) in [6, 6.07) is 78.1. The third kappa shape index (κ3) is 4.92. The number of para-hydroxylation sites is 2. The van der Waals surface area contributed by atoms with Gasteiger partial charge in [0.25, 0.3) is 0 Å². The van der Waals surface area contributed by atoms with Crippen LogP contribution >= 0.6 is 0 Å². The highest BCUT2D eigenvalue weighted by molar-refractivity contribution is 6.23. The van der Waals surface area contributed by atoms with Crippen LogP contribution in [0.3, 0.4) is 0 Å². The fourth-order valence-corrected chi connectivity index (χ4v) is 10.4. The lowest BCUT2D eigenvalue weighted by molar-refractivity contribution is 0.436. The average Bonchev–Trinajstić information content (AvgIpc) is 3.58. The van der Waals surface area contributed by atoms with Crippen molar-refractivity contribution in [1.29, 1.82) is 0 Å². The quantitative estimate of drug-likeness (QED) is 0.163. The van der Waals surface area contributed by atoms with Gasteiger partial charge in [-0.05, 0) is 126 Å². The van der Waals surface area contributed by atoms with Crippen molar-refractivity contribution in [3.8, 4) is 67.1 Å². The van der Waals surface area contributed by atoms with Crippen molar-refractivity contribution in [3.05, 3.63) is 240 Å². The lowest BCUT2D eigenvalue weighted by atomic mass is 9.66. The van der Waals surface area contributed by atoms with Gasteiger partial charge in [-0.3, -0.25) is 0 Å². The van der Waals surface area contributed by atoms with Gasteiger partial charge in [-0.15, -0.1) is 0 Å². The average molecular weight is 751 g/mol. The Bertz CT molecular complexity index is 3140. The van der Waals surface area contributed by atoms with Gasteiger partial charge in [0.2, 0.25) is 0 Å². The van der Waals surface area contributed by atoms with Crippen molar-refractivity contribution in [2.24, 2.45) is 0 Å². The van der Waals surface area contributed by atoms with E-state index in [-0.39, 0.29) is 0 Å². The number of hydrogen-bond donors (Lipinski definition) is 0. The van der Waals surface area contributed by atoms with E-state index in [2.05, 4.69) is 219 Å². The van der Waals surface area contributed by atoms with E-state index in [0.29, 0.717) is 0 Å². The number of benzene rings is 10. The molecule has 276 valence electrons. The summed E-state index contributed by atoms with van der Waals surface area (Å²) in [4.78, 5) is 0. The predicted molar refractivity (Wildman–Crippen MR) is 245 cm³/mol. The van der Waals surface area contributed by atoms with E-state index in [1.165, 1.54) is 105 Å².